The molecule has 3 N–H and O–H groups in total. The van der Waals surface area contributed by atoms with Gasteiger partial charge in [-0.05, 0) is 34.1 Å². The second kappa shape index (κ2) is 19.4. The molecule has 4 atom stereocenters. The van der Waals surface area contributed by atoms with Crippen molar-refractivity contribution in [1.29, 1.82) is 0 Å². The number of aromatic nitrogens is 1. The van der Waals surface area contributed by atoms with Crippen molar-refractivity contribution < 1.29 is 42.7 Å². The number of esters is 2. The minimum Gasteiger partial charge on any atom is -0.465 e. The highest BCUT2D eigenvalue weighted by molar-refractivity contribution is 7.60. The van der Waals surface area contributed by atoms with Gasteiger partial charge in [0.05, 0.1) is 26.0 Å². The lowest BCUT2D eigenvalue weighted by Crippen LogP contribution is -2.57. The first kappa shape index (κ1) is 39.6. The Hall–Kier alpha value is -3.85. The lowest BCUT2D eigenvalue weighted by molar-refractivity contribution is -0.145. The standard InChI is InChI=1S/C32H47N6O9PS/c1-6-9-19-47-32(43)38-17-15-37(16-18-38)29(40)25(33-27(39)26-21-49-28(34-26)24-13-11-10-12-14-24)20-48(44,35-22(4)30(41)45-7-2)36-23(5)31(42)46-8-3/h10-14,21-23,25H,6-9,15-20H2,1-5H3,(H,33,39)(H2,35,36,44)/t22-,23+,25?,48?. The van der Waals surface area contributed by atoms with Crippen molar-refractivity contribution in [3.63, 3.8) is 0 Å². The van der Waals surface area contributed by atoms with Crippen molar-refractivity contribution in [1.82, 2.24) is 30.3 Å². The third-order valence-corrected chi connectivity index (χ3v) is 10.8. The van der Waals surface area contributed by atoms with Gasteiger partial charge < -0.3 is 29.3 Å². The Kier molecular flexibility index (Phi) is 15.6. The molecule has 1 aromatic carbocycles. The molecule has 49 heavy (non-hydrogen) atoms. The topological polar surface area (TPSA) is 186 Å². The van der Waals surface area contributed by atoms with Crippen molar-refractivity contribution in [3.05, 3.63) is 41.4 Å². The smallest absolute Gasteiger partial charge is 0.409 e. The SMILES string of the molecule is CCCCOC(=O)N1CCN(C(=O)C(CP(=O)(N[C@@H](C)C(=O)OCC)N[C@H](C)C(=O)OCC)NC(=O)c2csc(-c3ccccc3)n2)CC1. The van der Waals surface area contributed by atoms with E-state index in [1.807, 2.05) is 37.3 Å². The lowest BCUT2D eigenvalue weighted by Gasteiger charge is -2.37. The summed E-state index contributed by atoms with van der Waals surface area (Å²) in [6.07, 6.45) is 0.618. The van der Waals surface area contributed by atoms with E-state index in [0.29, 0.717) is 11.6 Å². The van der Waals surface area contributed by atoms with Crippen molar-refractivity contribution in [2.24, 2.45) is 0 Å². The fourth-order valence-corrected chi connectivity index (χ4v) is 8.21. The van der Waals surface area contributed by atoms with Gasteiger partial charge in [-0.1, -0.05) is 43.7 Å². The van der Waals surface area contributed by atoms with Crippen LogP contribution in [0.25, 0.3) is 10.6 Å². The summed E-state index contributed by atoms with van der Waals surface area (Å²) in [6, 6.07) is 5.67. The average Bonchev–Trinajstić information content (AvgIpc) is 3.59. The molecule has 1 aliphatic rings. The number of thiazole rings is 1. The van der Waals surface area contributed by atoms with E-state index in [-0.39, 0.29) is 45.1 Å². The molecule has 0 aliphatic carbocycles. The zero-order valence-electron chi connectivity index (χ0n) is 28.6. The van der Waals surface area contributed by atoms with Gasteiger partial charge in [0.1, 0.15) is 28.8 Å². The Morgan fingerprint density at radius 3 is 2.00 bits per heavy atom. The number of piperazine rings is 1. The van der Waals surface area contributed by atoms with Crippen LogP contribution in [0.3, 0.4) is 0 Å². The van der Waals surface area contributed by atoms with E-state index in [1.54, 1.807) is 19.2 Å². The molecule has 2 aromatic rings. The van der Waals surface area contributed by atoms with Crippen LogP contribution in [0.4, 0.5) is 4.79 Å². The average molecular weight is 723 g/mol. The van der Waals surface area contributed by atoms with Crippen molar-refractivity contribution in [3.8, 4) is 10.6 Å². The quantitative estimate of drug-likeness (QED) is 0.0939. The van der Waals surface area contributed by atoms with Gasteiger partial charge >= 0.3 is 18.0 Å². The Bertz CT molecular complexity index is 1440. The zero-order valence-corrected chi connectivity index (χ0v) is 30.3. The minimum absolute atomic E-state index is 0.0526. The molecule has 1 saturated heterocycles. The molecular weight excluding hydrogens is 675 g/mol. The summed E-state index contributed by atoms with van der Waals surface area (Å²) in [5, 5.41) is 10.3. The maximum atomic E-state index is 14.6. The molecule has 15 nitrogen and oxygen atoms in total. The fraction of sp³-hybridized carbons (Fsp3) is 0.562. The van der Waals surface area contributed by atoms with Gasteiger partial charge in [-0.3, -0.25) is 23.7 Å². The summed E-state index contributed by atoms with van der Waals surface area (Å²) in [4.78, 5) is 72.7. The van der Waals surface area contributed by atoms with Crippen LogP contribution in [0, 0.1) is 0 Å². The highest BCUT2D eigenvalue weighted by Gasteiger charge is 2.39. The highest BCUT2D eigenvalue weighted by Crippen LogP contribution is 2.39. The third-order valence-electron chi connectivity index (χ3n) is 7.46. The van der Waals surface area contributed by atoms with Crippen LogP contribution in [0.5, 0.6) is 0 Å². The first-order valence-electron chi connectivity index (χ1n) is 16.4. The second-order valence-electron chi connectivity index (χ2n) is 11.3. The molecule has 2 heterocycles. The molecule has 270 valence electrons. The van der Waals surface area contributed by atoms with Crippen LogP contribution in [0.2, 0.25) is 0 Å². The first-order chi connectivity index (χ1) is 23.4. The minimum atomic E-state index is -4.05. The van der Waals surface area contributed by atoms with E-state index in [0.717, 1.165) is 18.4 Å². The number of rotatable bonds is 17. The monoisotopic (exact) mass is 722 g/mol. The number of amides is 3. The van der Waals surface area contributed by atoms with E-state index < -0.39 is 61.6 Å². The molecule has 17 heteroatoms. The number of nitrogens with zero attached hydrogens (tertiary/aromatic N) is 3. The molecule has 1 fully saturated rings. The summed E-state index contributed by atoms with van der Waals surface area (Å²) < 4.78 is 30.0. The Labute approximate surface area is 290 Å². The van der Waals surface area contributed by atoms with Gasteiger partial charge in [0, 0.05) is 37.1 Å². The molecular formula is C32H47N6O9PS. The fourth-order valence-electron chi connectivity index (χ4n) is 4.90. The molecule has 1 aromatic heterocycles. The molecule has 2 unspecified atom stereocenters. The number of benzene rings is 1. The molecule has 3 amide bonds. The number of carbonyl (C=O) groups excluding carboxylic acids is 5. The van der Waals surface area contributed by atoms with E-state index in [1.165, 1.54) is 35.0 Å². The summed E-state index contributed by atoms with van der Waals surface area (Å²) in [6.45, 7) is 9.23. The summed E-state index contributed by atoms with van der Waals surface area (Å²) >= 11 is 1.25. The van der Waals surface area contributed by atoms with Gasteiger partial charge in [-0.25, -0.2) is 20.0 Å². The van der Waals surface area contributed by atoms with Crippen LogP contribution in [0.1, 0.15) is 57.9 Å². The molecule has 1 aliphatic heterocycles. The number of carbonyl (C=O) groups is 5. The van der Waals surface area contributed by atoms with Crippen molar-refractivity contribution in [2.75, 3.05) is 52.2 Å². The van der Waals surface area contributed by atoms with Gasteiger partial charge in [0.25, 0.3) is 5.91 Å². The number of unbranched alkanes of at least 4 members (excludes halogenated alkanes) is 1. The molecule has 0 saturated carbocycles. The Morgan fingerprint density at radius 2 is 1.45 bits per heavy atom. The van der Waals surface area contributed by atoms with Crippen LogP contribution in [0.15, 0.2) is 35.7 Å². The summed E-state index contributed by atoms with van der Waals surface area (Å²) in [5.41, 5.74) is 0.862. The Morgan fingerprint density at radius 1 is 0.878 bits per heavy atom. The summed E-state index contributed by atoms with van der Waals surface area (Å²) in [7, 11) is -4.05. The maximum Gasteiger partial charge on any atom is 0.409 e. The van der Waals surface area contributed by atoms with Crippen LogP contribution < -0.4 is 15.5 Å². The predicted octanol–water partition coefficient (Wildman–Crippen LogP) is 3.26. The van der Waals surface area contributed by atoms with Gasteiger partial charge in [0.2, 0.25) is 13.4 Å². The van der Waals surface area contributed by atoms with Crippen LogP contribution in [-0.2, 0) is 33.2 Å². The van der Waals surface area contributed by atoms with Crippen molar-refractivity contribution >= 4 is 48.6 Å². The van der Waals surface area contributed by atoms with Gasteiger partial charge in [0.15, 0.2) is 0 Å². The van der Waals surface area contributed by atoms with Crippen molar-refractivity contribution in [2.45, 2.75) is 65.6 Å². The van der Waals surface area contributed by atoms with E-state index >= 15 is 0 Å². The van der Waals surface area contributed by atoms with E-state index in [9.17, 15) is 28.5 Å². The Balaban J connectivity index is 1.89. The largest absolute Gasteiger partial charge is 0.465 e. The molecule has 0 bridgehead atoms. The number of ether oxygens (including phenoxy) is 3. The molecule has 3 rings (SSSR count). The second-order valence-corrected chi connectivity index (χ2v) is 14.6. The van der Waals surface area contributed by atoms with Crippen LogP contribution >= 0.6 is 18.8 Å². The predicted molar refractivity (Wildman–Crippen MR) is 184 cm³/mol. The normalized spacial score (nSPS) is 16.1. The lowest BCUT2D eigenvalue weighted by atomic mass is 10.2. The number of nitrogens with one attached hydrogen (secondary N) is 3. The first-order valence-corrected chi connectivity index (χ1v) is 19.2. The molecule has 0 radical (unpaired) electrons. The third kappa shape index (κ3) is 11.9. The number of hydrogen-bond donors (Lipinski definition) is 3. The van der Waals surface area contributed by atoms with Gasteiger partial charge in [-0.2, -0.15) is 0 Å². The number of hydrogen-bond acceptors (Lipinski definition) is 11. The highest BCUT2D eigenvalue weighted by atomic mass is 32.1. The zero-order chi connectivity index (χ0) is 36.0. The molecule has 0 spiro atoms. The summed E-state index contributed by atoms with van der Waals surface area (Å²) in [5.74, 6) is -2.64. The van der Waals surface area contributed by atoms with Crippen LogP contribution in [-0.4, -0.2) is 115 Å². The van der Waals surface area contributed by atoms with E-state index in [2.05, 4.69) is 20.5 Å². The maximum absolute atomic E-state index is 14.6. The van der Waals surface area contributed by atoms with Gasteiger partial charge in [-0.15, -0.1) is 11.3 Å². The van der Waals surface area contributed by atoms with E-state index in [4.69, 9.17) is 14.2 Å².